The summed E-state index contributed by atoms with van der Waals surface area (Å²) >= 11 is 3.38. The van der Waals surface area contributed by atoms with Crippen LogP contribution in [0.3, 0.4) is 0 Å². The highest BCUT2D eigenvalue weighted by molar-refractivity contribution is 9.10. The summed E-state index contributed by atoms with van der Waals surface area (Å²) in [5.74, 6) is -1.41. The van der Waals surface area contributed by atoms with Crippen molar-refractivity contribution < 1.29 is 14.7 Å². The number of halogens is 1. The van der Waals surface area contributed by atoms with Gasteiger partial charge in [-0.15, -0.1) is 0 Å². The number of anilines is 1. The van der Waals surface area contributed by atoms with E-state index >= 15 is 0 Å². The van der Waals surface area contributed by atoms with E-state index in [0.29, 0.717) is 22.5 Å². The molecule has 0 aliphatic rings. The molecule has 0 aliphatic carbocycles. The first-order valence-electron chi connectivity index (χ1n) is 6.31. The summed E-state index contributed by atoms with van der Waals surface area (Å²) in [6, 6.07) is 5.62. The third-order valence-corrected chi connectivity index (χ3v) is 3.94. The number of carboxylic acids is 1. The van der Waals surface area contributed by atoms with Crippen LogP contribution >= 0.6 is 15.9 Å². The molecule has 0 fully saturated rings. The third kappa shape index (κ3) is 3.00. The summed E-state index contributed by atoms with van der Waals surface area (Å²) < 4.78 is 0.769. The van der Waals surface area contributed by atoms with Crippen molar-refractivity contribution in [1.82, 2.24) is 4.98 Å². The largest absolute Gasteiger partial charge is 0.477 e. The number of carboxylic acid groups (broad SMARTS) is 1. The standard InChI is InChI=1S/C15H15BrN2O3/c1-7-4-5-10(16)11(6-7)18-14(19)12-8(2)13(15(20)21)17-9(12)3/h4-6,17H,1-3H3,(H,18,19)(H,20,21). The third-order valence-electron chi connectivity index (χ3n) is 3.25. The van der Waals surface area contributed by atoms with Crippen molar-refractivity contribution in [2.45, 2.75) is 20.8 Å². The Morgan fingerprint density at radius 2 is 1.90 bits per heavy atom. The van der Waals surface area contributed by atoms with Crippen molar-refractivity contribution in [2.24, 2.45) is 0 Å². The quantitative estimate of drug-likeness (QED) is 0.789. The number of H-pyrrole nitrogens is 1. The number of hydrogen-bond acceptors (Lipinski definition) is 2. The monoisotopic (exact) mass is 350 g/mol. The maximum atomic E-state index is 12.4. The first kappa shape index (κ1) is 15.3. The van der Waals surface area contributed by atoms with Crippen LogP contribution in [0.4, 0.5) is 5.69 Å². The number of aromatic amines is 1. The van der Waals surface area contributed by atoms with Crippen LogP contribution in [0.15, 0.2) is 22.7 Å². The van der Waals surface area contributed by atoms with Gasteiger partial charge in [0.25, 0.3) is 5.91 Å². The lowest BCUT2D eigenvalue weighted by Gasteiger charge is -2.09. The first-order chi connectivity index (χ1) is 9.81. The van der Waals surface area contributed by atoms with Gasteiger partial charge < -0.3 is 15.4 Å². The molecule has 5 nitrogen and oxygen atoms in total. The van der Waals surface area contributed by atoms with Gasteiger partial charge in [0.05, 0.1) is 11.3 Å². The summed E-state index contributed by atoms with van der Waals surface area (Å²) in [6.07, 6.45) is 0. The number of aromatic carboxylic acids is 1. The van der Waals surface area contributed by atoms with Crippen LogP contribution in [0.25, 0.3) is 0 Å². The zero-order chi connectivity index (χ0) is 15.7. The first-order valence-corrected chi connectivity index (χ1v) is 7.10. The fraction of sp³-hybridized carbons (Fsp3) is 0.200. The van der Waals surface area contributed by atoms with E-state index in [0.717, 1.165) is 10.0 Å². The van der Waals surface area contributed by atoms with Crippen LogP contribution < -0.4 is 5.32 Å². The van der Waals surface area contributed by atoms with Crippen LogP contribution in [0.5, 0.6) is 0 Å². The summed E-state index contributed by atoms with van der Waals surface area (Å²) in [6.45, 7) is 5.23. The zero-order valence-electron chi connectivity index (χ0n) is 11.9. The van der Waals surface area contributed by atoms with Gasteiger partial charge in [0.1, 0.15) is 5.69 Å². The number of nitrogens with one attached hydrogen (secondary N) is 2. The van der Waals surface area contributed by atoms with E-state index < -0.39 is 5.97 Å². The molecule has 2 aromatic rings. The van der Waals surface area contributed by atoms with Gasteiger partial charge in [-0.3, -0.25) is 4.79 Å². The molecule has 0 saturated heterocycles. The minimum Gasteiger partial charge on any atom is -0.477 e. The van der Waals surface area contributed by atoms with Crippen molar-refractivity contribution in [3.05, 3.63) is 50.8 Å². The van der Waals surface area contributed by atoms with Gasteiger partial charge in [-0.2, -0.15) is 0 Å². The van der Waals surface area contributed by atoms with E-state index in [4.69, 9.17) is 5.11 Å². The smallest absolute Gasteiger partial charge is 0.352 e. The number of aromatic nitrogens is 1. The van der Waals surface area contributed by atoms with Crippen LogP contribution in [0, 0.1) is 20.8 Å². The van der Waals surface area contributed by atoms with Crippen molar-refractivity contribution in [3.63, 3.8) is 0 Å². The van der Waals surface area contributed by atoms with Gasteiger partial charge in [0, 0.05) is 10.2 Å². The molecule has 0 unspecified atom stereocenters. The minimum atomic E-state index is -1.08. The van der Waals surface area contributed by atoms with E-state index in [9.17, 15) is 9.59 Å². The average molecular weight is 351 g/mol. The molecule has 1 aromatic carbocycles. The topological polar surface area (TPSA) is 82.2 Å². The molecular weight excluding hydrogens is 336 g/mol. The molecule has 1 heterocycles. The number of amides is 1. The van der Waals surface area contributed by atoms with Crippen molar-refractivity contribution in [1.29, 1.82) is 0 Å². The predicted molar refractivity (Wildman–Crippen MR) is 84.1 cm³/mol. The lowest BCUT2D eigenvalue weighted by molar-refractivity contribution is 0.0690. The molecule has 0 radical (unpaired) electrons. The molecule has 0 saturated carbocycles. The summed E-state index contributed by atoms with van der Waals surface area (Å²) in [7, 11) is 0. The number of aryl methyl sites for hydroxylation is 2. The van der Waals surface area contributed by atoms with Crippen LogP contribution in [-0.4, -0.2) is 22.0 Å². The normalized spacial score (nSPS) is 10.5. The molecule has 3 N–H and O–H groups in total. The molecule has 110 valence electrons. The van der Waals surface area contributed by atoms with Gasteiger partial charge in [-0.1, -0.05) is 6.07 Å². The number of rotatable bonds is 3. The molecule has 0 spiro atoms. The highest BCUT2D eigenvalue weighted by atomic mass is 79.9. The zero-order valence-corrected chi connectivity index (χ0v) is 13.5. The van der Waals surface area contributed by atoms with Gasteiger partial charge in [-0.25, -0.2) is 4.79 Å². The molecule has 0 bridgehead atoms. The van der Waals surface area contributed by atoms with Crippen LogP contribution in [0.2, 0.25) is 0 Å². The predicted octanol–water partition coefficient (Wildman–Crippen LogP) is 3.65. The Bertz CT molecular complexity index is 735. The number of carbonyl (C=O) groups excluding carboxylic acids is 1. The number of benzene rings is 1. The second kappa shape index (κ2) is 5.73. The molecule has 0 atom stereocenters. The van der Waals surface area contributed by atoms with Gasteiger partial charge >= 0.3 is 5.97 Å². The molecule has 21 heavy (non-hydrogen) atoms. The number of carbonyl (C=O) groups is 2. The fourth-order valence-corrected chi connectivity index (χ4v) is 2.57. The van der Waals surface area contributed by atoms with Gasteiger partial charge in [0.2, 0.25) is 0 Å². The lowest BCUT2D eigenvalue weighted by Crippen LogP contribution is -2.14. The Morgan fingerprint density at radius 3 is 2.48 bits per heavy atom. The Hall–Kier alpha value is -2.08. The van der Waals surface area contributed by atoms with Crippen molar-refractivity contribution >= 4 is 33.5 Å². The molecular formula is C15H15BrN2O3. The van der Waals surface area contributed by atoms with Crippen molar-refractivity contribution in [3.8, 4) is 0 Å². The fourth-order valence-electron chi connectivity index (χ4n) is 2.22. The van der Waals surface area contributed by atoms with E-state index in [1.165, 1.54) is 0 Å². The van der Waals surface area contributed by atoms with Crippen LogP contribution in [-0.2, 0) is 0 Å². The summed E-state index contributed by atoms with van der Waals surface area (Å²) in [5, 5.41) is 11.9. The summed E-state index contributed by atoms with van der Waals surface area (Å²) in [5.41, 5.74) is 3.04. The maximum Gasteiger partial charge on any atom is 0.352 e. The summed E-state index contributed by atoms with van der Waals surface area (Å²) in [4.78, 5) is 26.2. The Labute approximate surface area is 130 Å². The number of hydrogen-bond donors (Lipinski definition) is 3. The van der Waals surface area contributed by atoms with Crippen molar-refractivity contribution in [2.75, 3.05) is 5.32 Å². The molecule has 1 aromatic heterocycles. The van der Waals surface area contributed by atoms with E-state index in [1.54, 1.807) is 13.8 Å². The highest BCUT2D eigenvalue weighted by Crippen LogP contribution is 2.25. The SMILES string of the molecule is Cc1ccc(Br)c(NC(=O)c2c(C)[nH]c(C(=O)O)c2C)c1. The Morgan fingerprint density at radius 1 is 1.24 bits per heavy atom. The second-order valence-corrected chi connectivity index (χ2v) is 5.72. The minimum absolute atomic E-state index is 0.0426. The Balaban J connectivity index is 2.37. The lowest BCUT2D eigenvalue weighted by atomic mass is 10.1. The van der Waals surface area contributed by atoms with E-state index in [-0.39, 0.29) is 11.6 Å². The maximum absolute atomic E-state index is 12.4. The second-order valence-electron chi connectivity index (χ2n) is 4.87. The Kier molecular flexibility index (Phi) is 4.18. The van der Waals surface area contributed by atoms with Gasteiger partial charge in [0.15, 0.2) is 0 Å². The van der Waals surface area contributed by atoms with Gasteiger partial charge in [-0.05, 0) is 60.0 Å². The van der Waals surface area contributed by atoms with Crippen LogP contribution in [0.1, 0.15) is 37.7 Å². The highest BCUT2D eigenvalue weighted by Gasteiger charge is 2.22. The molecule has 2 rings (SSSR count). The van der Waals surface area contributed by atoms with E-state index in [2.05, 4.69) is 26.2 Å². The molecule has 1 amide bonds. The average Bonchev–Trinajstić information content (AvgIpc) is 2.69. The molecule has 0 aliphatic heterocycles. The van der Waals surface area contributed by atoms with E-state index in [1.807, 2.05) is 25.1 Å². The molecule has 6 heteroatoms.